The largest absolute Gasteiger partial charge is 0.478 e. The molecule has 1 rings (SSSR count). The maximum absolute atomic E-state index is 10.9. The van der Waals surface area contributed by atoms with Crippen molar-refractivity contribution in [2.75, 3.05) is 0 Å². The summed E-state index contributed by atoms with van der Waals surface area (Å²) in [5, 5.41) is 18.9. The average Bonchev–Trinajstić information content (AvgIpc) is 2.29. The van der Waals surface area contributed by atoms with E-state index < -0.39 is 12.1 Å². The van der Waals surface area contributed by atoms with Gasteiger partial charge in [-0.25, -0.2) is 4.79 Å². The van der Waals surface area contributed by atoms with E-state index in [1.165, 1.54) is 6.07 Å². The third-order valence-corrected chi connectivity index (χ3v) is 2.63. The Bertz CT molecular complexity index is 347. The Morgan fingerprint density at radius 3 is 2.62 bits per heavy atom. The van der Waals surface area contributed by atoms with Gasteiger partial charge in [0.25, 0.3) is 0 Å². The summed E-state index contributed by atoms with van der Waals surface area (Å²) < 4.78 is 0. The van der Waals surface area contributed by atoms with Gasteiger partial charge in [-0.05, 0) is 18.1 Å². The SMILES string of the molecule is CCCCC[C@@H](O)c1ccccc1C(=O)O. The molecule has 0 aromatic heterocycles. The van der Waals surface area contributed by atoms with E-state index in [1.807, 2.05) is 0 Å². The summed E-state index contributed by atoms with van der Waals surface area (Å²) in [5.41, 5.74) is 0.720. The Labute approximate surface area is 95.7 Å². The summed E-state index contributed by atoms with van der Waals surface area (Å²) in [4.78, 5) is 10.9. The Hall–Kier alpha value is -1.35. The molecule has 0 fully saturated rings. The van der Waals surface area contributed by atoms with Crippen LogP contribution in [0.4, 0.5) is 0 Å². The molecule has 0 heterocycles. The van der Waals surface area contributed by atoms with Crippen molar-refractivity contribution in [3.05, 3.63) is 35.4 Å². The molecule has 3 heteroatoms. The van der Waals surface area contributed by atoms with E-state index in [0.717, 1.165) is 19.3 Å². The first-order chi connectivity index (χ1) is 7.66. The van der Waals surface area contributed by atoms with Crippen LogP contribution in [0.25, 0.3) is 0 Å². The molecule has 0 amide bonds. The molecule has 1 aromatic rings. The van der Waals surface area contributed by atoms with Crippen LogP contribution in [-0.2, 0) is 0 Å². The van der Waals surface area contributed by atoms with Gasteiger partial charge in [-0.1, -0.05) is 44.4 Å². The molecule has 88 valence electrons. The van der Waals surface area contributed by atoms with E-state index in [0.29, 0.717) is 12.0 Å². The number of benzene rings is 1. The Morgan fingerprint density at radius 2 is 2.00 bits per heavy atom. The van der Waals surface area contributed by atoms with Crippen LogP contribution in [0, 0.1) is 0 Å². The number of carboxylic acid groups (broad SMARTS) is 1. The van der Waals surface area contributed by atoms with E-state index in [-0.39, 0.29) is 5.56 Å². The highest BCUT2D eigenvalue weighted by atomic mass is 16.4. The second kappa shape index (κ2) is 6.28. The highest BCUT2D eigenvalue weighted by Crippen LogP contribution is 2.23. The monoisotopic (exact) mass is 222 g/mol. The van der Waals surface area contributed by atoms with E-state index in [9.17, 15) is 9.90 Å². The molecule has 0 spiro atoms. The fourth-order valence-electron chi connectivity index (χ4n) is 1.73. The first-order valence-corrected chi connectivity index (χ1v) is 5.67. The van der Waals surface area contributed by atoms with E-state index in [2.05, 4.69) is 6.92 Å². The van der Waals surface area contributed by atoms with Gasteiger partial charge in [-0.15, -0.1) is 0 Å². The molecular formula is C13H18O3. The Kier molecular flexibility index (Phi) is 4.99. The number of aliphatic hydroxyl groups excluding tert-OH is 1. The molecule has 3 nitrogen and oxygen atoms in total. The lowest BCUT2D eigenvalue weighted by Crippen LogP contribution is -2.07. The van der Waals surface area contributed by atoms with Crippen molar-refractivity contribution in [2.45, 2.75) is 38.7 Å². The van der Waals surface area contributed by atoms with Crippen LogP contribution in [0.3, 0.4) is 0 Å². The fourth-order valence-corrected chi connectivity index (χ4v) is 1.73. The molecule has 0 bridgehead atoms. The van der Waals surface area contributed by atoms with Crippen LogP contribution < -0.4 is 0 Å². The average molecular weight is 222 g/mol. The standard InChI is InChI=1S/C13H18O3/c1-2-3-4-9-12(14)10-7-5-6-8-11(10)13(15)16/h5-8,12,14H,2-4,9H2,1H3,(H,15,16)/t12-/m1/s1. The summed E-state index contributed by atoms with van der Waals surface area (Å²) in [5.74, 6) is -0.981. The lowest BCUT2D eigenvalue weighted by atomic mass is 9.98. The third kappa shape index (κ3) is 3.35. The minimum atomic E-state index is -0.981. The number of carbonyl (C=O) groups is 1. The number of rotatable bonds is 6. The van der Waals surface area contributed by atoms with Crippen LogP contribution in [0.5, 0.6) is 0 Å². The molecule has 0 unspecified atom stereocenters. The molecule has 16 heavy (non-hydrogen) atoms. The van der Waals surface area contributed by atoms with Crippen molar-refractivity contribution in [1.82, 2.24) is 0 Å². The number of hydrogen-bond donors (Lipinski definition) is 2. The smallest absolute Gasteiger partial charge is 0.336 e. The lowest BCUT2D eigenvalue weighted by Gasteiger charge is -2.13. The zero-order chi connectivity index (χ0) is 12.0. The van der Waals surface area contributed by atoms with Gasteiger partial charge in [0.05, 0.1) is 11.7 Å². The number of aliphatic hydroxyl groups is 1. The van der Waals surface area contributed by atoms with Gasteiger partial charge in [0.15, 0.2) is 0 Å². The lowest BCUT2D eigenvalue weighted by molar-refractivity contribution is 0.0688. The number of hydrogen-bond acceptors (Lipinski definition) is 2. The molecule has 0 aliphatic heterocycles. The van der Waals surface area contributed by atoms with Crippen molar-refractivity contribution < 1.29 is 15.0 Å². The number of unbranched alkanes of at least 4 members (excludes halogenated alkanes) is 2. The van der Waals surface area contributed by atoms with Crippen LogP contribution >= 0.6 is 0 Å². The summed E-state index contributed by atoms with van der Waals surface area (Å²) in [6, 6.07) is 6.64. The highest BCUT2D eigenvalue weighted by Gasteiger charge is 2.15. The predicted octanol–water partition coefficient (Wildman–Crippen LogP) is 3.00. The fraction of sp³-hybridized carbons (Fsp3) is 0.462. The summed E-state index contributed by atoms with van der Waals surface area (Å²) in [7, 11) is 0. The minimum absolute atomic E-state index is 0.200. The van der Waals surface area contributed by atoms with E-state index in [1.54, 1.807) is 18.2 Å². The van der Waals surface area contributed by atoms with Gasteiger partial charge in [-0.2, -0.15) is 0 Å². The molecule has 0 radical (unpaired) electrons. The van der Waals surface area contributed by atoms with Crippen LogP contribution in [0.1, 0.15) is 54.6 Å². The van der Waals surface area contributed by atoms with Gasteiger partial charge in [-0.3, -0.25) is 0 Å². The first kappa shape index (κ1) is 12.7. The second-order valence-electron chi connectivity index (χ2n) is 3.90. The van der Waals surface area contributed by atoms with Crippen LogP contribution in [-0.4, -0.2) is 16.2 Å². The molecule has 2 N–H and O–H groups in total. The van der Waals surface area contributed by atoms with Crippen molar-refractivity contribution in [3.8, 4) is 0 Å². The molecule has 1 aromatic carbocycles. The summed E-state index contributed by atoms with van der Waals surface area (Å²) in [6.07, 6.45) is 3.03. The van der Waals surface area contributed by atoms with Gasteiger partial charge >= 0.3 is 5.97 Å². The molecule has 0 saturated carbocycles. The van der Waals surface area contributed by atoms with Gasteiger partial charge in [0.2, 0.25) is 0 Å². The molecule has 0 aliphatic carbocycles. The molecule has 0 aliphatic rings. The van der Waals surface area contributed by atoms with Crippen molar-refractivity contribution in [3.63, 3.8) is 0 Å². The van der Waals surface area contributed by atoms with Gasteiger partial charge in [0.1, 0.15) is 0 Å². The number of carboxylic acids is 1. The van der Waals surface area contributed by atoms with Gasteiger partial charge < -0.3 is 10.2 Å². The predicted molar refractivity (Wildman–Crippen MR) is 62.5 cm³/mol. The Balaban J connectivity index is 2.74. The summed E-state index contributed by atoms with van der Waals surface area (Å²) in [6.45, 7) is 2.09. The Morgan fingerprint density at radius 1 is 1.31 bits per heavy atom. The maximum atomic E-state index is 10.9. The molecular weight excluding hydrogens is 204 g/mol. The van der Waals surface area contributed by atoms with Crippen LogP contribution in [0.15, 0.2) is 24.3 Å². The van der Waals surface area contributed by atoms with Gasteiger partial charge in [0, 0.05) is 0 Å². The normalized spacial score (nSPS) is 12.4. The molecule has 1 atom stereocenters. The van der Waals surface area contributed by atoms with Crippen molar-refractivity contribution in [1.29, 1.82) is 0 Å². The summed E-state index contributed by atoms with van der Waals surface area (Å²) >= 11 is 0. The van der Waals surface area contributed by atoms with E-state index >= 15 is 0 Å². The van der Waals surface area contributed by atoms with E-state index in [4.69, 9.17) is 5.11 Å². The number of aromatic carboxylic acids is 1. The minimum Gasteiger partial charge on any atom is -0.478 e. The quantitative estimate of drug-likeness (QED) is 0.727. The highest BCUT2D eigenvalue weighted by molar-refractivity contribution is 5.89. The third-order valence-electron chi connectivity index (χ3n) is 2.63. The second-order valence-corrected chi connectivity index (χ2v) is 3.90. The molecule has 0 saturated heterocycles. The zero-order valence-corrected chi connectivity index (χ0v) is 9.52. The zero-order valence-electron chi connectivity index (χ0n) is 9.52. The van der Waals surface area contributed by atoms with Crippen LogP contribution in [0.2, 0.25) is 0 Å². The van der Waals surface area contributed by atoms with Crippen molar-refractivity contribution >= 4 is 5.97 Å². The topological polar surface area (TPSA) is 57.5 Å². The van der Waals surface area contributed by atoms with Crippen molar-refractivity contribution in [2.24, 2.45) is 0 Å². The first-order valence-electron chi connectivity index (χ1n) is 5.67. The maximum Gasteiger partial charge on any atom is 0.336 e.